The predicted octanol–water partition coefficient (Wildman–Crippen LogP) is 4.73. The highest BCUT2D eigenvalue weighted by atomic mass is 32.1. The molecule has 5 nitrogen and oxygen atoms in total. The number of thiazole rings is 1. The molecule has 3 rings (SSSR count). The first kappa shape index (κ1) is 18.3. The Hall–Kier alpha value is -2.54. The maximum absolute atomic E-state index is 13.1. The molecule has 2 aromatic heterocycles. The topological polar surface area (TPSA) is 62.7 Å². The van der Waals surface area contributed by atoms with E-state index in [1.807, 2.05) is 13.0 Å². The Balaban J connectivity index is 1.66. The zero-order valence-electron chi connectivity index (χ0n) is 15.1. The summed E-state index contributed by atoms with van der Waals surface area (Å²) in [5.74, 6) is 1.67. The molecule has 136 valence electrons. The maximum atomic E-state index is 13.1. The molecule has 2 N–H and O–H groups in total. The molecule has 3 aromatic rings. The summed E-state index contributed by atoms with van der Waals surface area (Å²) in [6.45, 7) is 7.72. The molecule has 0 atom stereocenters. The summed E-state index contributed by atoms with van der Waals surface area (Å²) in [6.07, 6.45) is 1.74. The quantitative estimate of drug-likeness (QED) is 0.629. The fraction of sp³-hybridized carbons (Fsp3) is 0.316. The molecule has 0 aliphatic heterocycles. The Morgan fingerprint density at radius 1 is 1.08 bits per heavy atom. The number of rotatable bonds is 7. The van der Waals surface area contributed by atoms with Gasteiger partial charge in [-0.2, -0.15) is 4.98 Å². The molecule has 0 unspecified atom stereocenters. The standard InChI is InChI=1S/C19H22FN5S/c1-12(2)10-23-19-21-9-8-17(25-19)22-11-16-13(3)24-18(26-16)14-4-6-15(20)7-5-14/h4-9,12H,10-11H2,1-3H3,(H2,21,22,23,25). The van der Waals surface area contributed by atoms with Gasteiger partial charge >= 0.3 is 0 Å². The number of nitrogens with zero attached hydrogens (tertiary/aromatic N) is 3. The van der Waals surface area contributed by atoms with E-state index < -0.39 is 0 Å². The van der Waals surface area contributed by atoms with E-state index in [2.05, 4.69) is 39.4 Å². The van der Waals surface area contributed by atoms with Crippen LogP contribution in [0.2, 0.25) is 0 Å². The first-order valence-corrected chi connectivity index (χ1v) is 9.36. The summed E-state index contributed by atoms with van der Waals surface area (Å²) in [5.41, 5.74) is 1.89. The first-order chi connectivity index (χ1) is 12.5. The van der Waals surface area contributed by atoms with Gasteiger partial charge in [-0.3, -0.25) is 0 Å². The van der Waals surface area contributed by atoms with Crippen molar-refractivity contribution in [3.63, 3.8) is 0 Å². The van der Waals surface area contributed by atoms with Crippen molar-refractivity contribution in [3.05, 3.63) is 52.9 Å². The SMILES string of the molecule is Cc1nc(-c2ccc(F)cc2)sc1CNc1ccnc(NCC(C)C)n1. The molecule has 0 amide bonds. The third-order valence-electron chi connectivity index (χ3n) is 3.74. The van der Waals surface area contributed by atoms with Crippen LogP contribution in [0.15, 0.2) is 36.5 Å². The van der Waals surface area contributed by atoms with Gasteiger partial charge in [0.05, 0.1) is 12.2 Å². The largest absolute Gasteiger partial charge is 0.365 e. The molecule has 0 aliphatic carbocycles. The van der Waals surface area contributed by atoms with Crippen molar-refractivity contribution in [3.8, 4) is 10.6 Å². The van der Waals surface area contributed by atoms with E-state index in [1.165, 1.54) is 12.1 Å². The van der Waals surface area contributed by atoms with Crippen molar-refractivity contribution >= 4 is 23.1 Å². The number of aryl methyl sites for hydroxylation is 1. The van der Waals surface area contributed by atoms with Gasteiger partial charge in [0.15, 0.2) is 0 Å². The summed E-state index contributed by atoms with van der Waals surface area (Å²) in [6, 6.07) is 8.26. The van der Waals surface area contributed by atoms with Crippen LogP contribution in [0.5, 0.6) is 0 Å². The van der Waals surface area contributed by atoms with Gasteiger partial charge in [-0.15, -0.1) is 11.3 Å². The van der Waals surface area contributed by atoms with Gasteiger partial charge < -0.3 is 10.6 Å². The second-order valence-corrected chi connectivity index (χ2v) is 7.51. The van der Waals surface area contributed by atoms with Crippen molar-refractivity contribution in [2.75, 3.05) is 17.2 Å². The van der Waals surface area contributed by atoms with Gasteiger partial charge in [-0.25, -0.2) is 14.4 Å². The second-order valence-electron chi connectivity index (χ2n) is 6.43. The minimum absolute atomic E-state index is 0.241. The van der Waals surface area contributed by atoms with Gasteiger partial charge in [0.2, 0.25) is 5.95 Å². The summed E-state index contributed by atoms with van der Waals surface area (Å²) in [7, 11) is 0. The van der Waals surface area contributed by atoms with Crippen LogP contribution < -0.4 is 10.6 Å². The maximum Gasteiger partial charge on any atom is 0.224 e. The Labute approximate surface area is 156 Å². The number of hydrogen-bond donors (Lipinski definition) is 2. The number of hydrogen-bond acceptors (Lipinski definition) is 6. The highest BCUT2D eigenvalue weighted by molar-refractivity contribution is 7.15. The molecular formula is C19H22FN5S. The molecule has 1 aromatic carbocycles. The second kappa shape index (κ2) is 8.23. The average molecular weight is 371 g/mol. The van der Waals surface area contributed by atoms with Crippen molar-refractivity contribution in [2.24, 2.45) is 5.92 Å². The van der Waals surface area contributed by atoms with E-state index in [-0.39, 0.29) is 5.82 Å². The molecule has 2 heterocycles. The highest BCUT2D eigenvalue weighted by Gasteiger charge is 2.10. The van der Waals surface area contributed by atoms with Crippen LogP contribution in [0.3, 0.4) is 0 Å². The van der Waals surface area contributed by atoms with Gasteiger partial charge in [0, 0.05) is 23.2 Å². The minimum Gasteiger partial charge on any atom is -0.365 e. The van der Waals surface area contributed by atoms with Gasteiger partial charge in [0.25, 0.3) is 0 Å². The van der Waals surface area contributed by atoms with Gasteiger partial charge in [-0.1, -0.05) is 13.8 Å². The Morgan fingerprint density at radius 3 is 2.58 bits per heavy atom. The van der Waals surface area contributed by atoms with Crippen molar-refractivity contribution in [2.45, 2.75) is 27.3 Å². The minimum atomic E-state index is -0.241. The fourth-order valence-corrected chi connectivity index (χ4v) is 3.32. The highest BCUT2D eigenvalue weighted by Crippen LogP contribution is 2.28. The van der Waals surface area contributed by atoms with E-state index in [9.17, 15) is 4.39 Å². The van der Waals surface area contributed by atoms with Gasteiger partial charge in [-0.05, 0) is 43.2 Å². The molecular weight excluding hydrogens is 349 g/mol. The number of aromatic nitrogens is 3. The Morgan fingerprint density at radius 2 is 1.85 bits per heavy atom. The normalized spacial score (nSPS) is 11.0. The lowest BCUT2D eigenvalue weighted by atomic mass is 10.2. The molecule has 0 bridgehead atoms. The van der Waals surface area contributed by atoms with Crippen LogP contribution in [-0.2, 0) is 6.54 Å². The molecule has 26 heavy (non-hydrogen) atoms. The van der Waals surface area contributed by atoms with Crippen LogP contribution in [0, 0.1) is 18.7 Å². The summed E-state index contributed by atoms with van der Waals surface area (Å²) in [4.78, 5) is 14.4. The summed E-state index contributed by atoms with van der Waals surface area (Å²) < 4.78 is 13.1. The van der Waals surface area contributed by atoms with E-state index in [4.69, 9.17) is 0 Å². The zero-order chi connectivity index (χ0) is 18.5. The molecule has 0 saturated heterocycles. The lowest BCUT2D eigenvalue weighted by Crippen LogP contribution is -2.11. The van der Waals surface area contributed by atoms with Crippen LogP contribution in [0.25, 0.3) is 10.6 Å². The molecule has 7 heteroatoms. The monoisotopic (exact) mass is 371 g/mol. The van der Waals surface area contributed by atoms with Crippen LogP contribution >= 0.6 is 11.3 Å². The van der Waals surface area contributed by atoms with Crippen LogP contribution in [0.1, 0.15) is 24.4 Å². The smallest absolute Gasteiger partial charge is 0.224 e. The third kappa shape index (κ3) is 4.76. The molecule has 0 saturated carbocycles. The van der Waals surface area contributed by atoms with Crippen molar-refractivity contribution in [1.82, 2.24) is 15.0 Å². The van der Waals surface area contributed by atoms with E-state index >= 15 is 0 Å². The van der Waals surface area contributed by atoms with E-state index in [1.54, 1.807) is 29.7 Å². The fourth-order valence-electron chi connectivity index (χ4n) is 2.32. The number of benzene rings is 1. The Kier molecular flexibility index (Phi) is 5.78. The molecule has 0 spiro atoms. The van der Waals surface area contributed by atoms with Crippen LogP contribution in [0.4, 0.5) is 16.2 Å². The van der Waals surface area contributed by atoms with Crippen molar-refractivity contribution < 1.29 is 4.39 Å². The molecule has 0 radical (unpaired) electrons. The van der Waals surface area contributed by atoms with Crippen LogP contribution in [-0.4, -0.2) is 21.5 Å². The molecule has 0 fully saturated rings. The Bertz CT molecular complexity index is 861. The third-order valence-corrected chi connectivity index (χ3v) is 4.94. The molecule has 0 aliphatic rings. The summed E-state index contributed by atoms with van der Waals surface area (Å²) >= 11 is 1.60. The van der Waals surface area contributed by atoms with E-state index in [0.717, 1.165) is 33.5 Å². The first-order valence-electron chi connectivity index (χ1n) is 8.54. The number of anilines is 2. The van der Waals surface area contributed by atoms with Gasteiger partial charge in [0.1, 0.15) is 16.6 Å². The van der Waals surface area contributed by atoms with Crippen molar-refractivity contribution in [1.29, 1.82) is 0 Å². The predicted molar refractivity (Wildman–Crippen MR) is 105 cm³/mol. The van der Waals surface area contributed by atoms with E-state index in [0.29, 0.717) is 18.4 Å². The number of halogens is 1. The lowest BCUT2D eigenvalue weighted by Gasteiger charge is -2.09. The average Bonchev–Trinajstić information content (AvgIpc) is 3.00. The zero-order valence-corrected chi connectivity index (χ0v) is 15.9. The lowest BCUT2D eigenvalue weighted by molar-refractivity contribution is 0.628. The summed E-state index contributed by atoms with van der Waals surface area (Å²) in [5, 5.41) is 7.43. The number of nitrogens with one attached hydrogen (secondary N) is 2.